The van der Waals surface area contributed by atoms with E-state index >= 15 is 0 Å². The predicted molar refractivity (Wildman–Crippen MR) is 260 cm³/mol. The van der Waals surface area contributed by atoms with E-state index in [9.17, 15) is 0 Å². The van der Waals surface area contributed by atoms with E-state index < -0.39 is 0 Å². The van der Waals surface area contributed by atoms with Gasteiger partial charge in [-0.1, -0.05) is 164 Å². The van der Waals surface area contributed by atoms with Crippen LogP contribution in [0.1, 0.15) is 0 Å². The maximum atomic E-state index is 5.54. The van der Waals surface area contributed by atoms with Gasteiger partial charge in [0.1, 0.15) is 0 Å². The van der Waals surface area contributed by atoms with Gasteiger partial charge in [0.25, 0.3) is 0 Å². The molecule has 3 heterocycles. The summed E-state index contributed by atoms with van der Waals surface area (Å²) in [4.78, 5) is 10.9. The Hall–Kier alpha value is -8.34. The molecule has 4 nitrogen and oxygen atoms in total. The molecule has 0 aliphatic carbocycles. The topological polar surface area (TPSA) is 35.6 Å². The van der Waals surface area contributed by atoms with E-state index in [0.29, 0.717) is 5.95 Å². The van der Waals surface area contributed by atoms with Crippen LogP contribution < -0.4 is 0 Å². The van der Waals surface area contributed by atoms with Crippen molar-refractivity contribution in [1.82, 2.24) is 19.1 Å². The maximum absolute atomic E-state index is 5.54. The van der Waals surface area contributed by atoms with Gasteiger partial charge in [-0.2, -0.15) is 0 Å². The first-order valence-corrected chi connectivity index (χ1v) is 21.2. The molecule has 4 heteroatoms. The average Bonchev–Trinajstić information content (AvgIpc) is 3.85. The van der Waals surface area contributed by atoms with Crippen LogP contribution in [0, 0.1) is 0 Å². The van der Waals surface area contributed by atoms with Crippen molar-refractivity contribution < 1.29 is 0 Å². The van der Waals surface area contributed by atoms with Gasteiger partial charge < -0.3 is 4.57 Å². The molecule has 0 unspecified atom stereocenters. The molecule has 0 amide bonds. The highest BCUT2D eigenvalue weighted by molar-refractivity contribution is 6.22. The van der Waals surface area contributed by atoms with E-state index in [4.69, 9.17) is 9.97 Å². The Morgan fingerprint density at radius 1 is 0.306 bits per heavy atom. The summed E-state index contributed by atoms with van der Waals surface area (Å²) < 4.78 is 4.71. The molecule has 0 N–H and O–H groups in total. The van der Waals surface area contributed by atoms with Crippen molar-refractivity contribution in [2.45, 2.75) is 0 Å². The van der Waals surface area contributed by atoms with Gasteiger partial charge in [0.15, 0.2) is 0 Å². The van der Waals surface area contributed by atoms with E-state index in [2.05, 4.69) is 228 Å². The van der Waals surface area contributed by atoms with Crippen molar-refractivity contribution in [2.24, 2.45) is 0 Å². The molecule has 0 aliphatic heterocycles. The van der Waals surface area contributed by atoms with Crippen LogP contribution in [0.3, 0.4) is 0 Å². The van der Waals surface area contributed by atoms with Gasteiger partial charge in [0.2, 0.25) is 5.95 Å². The summed E-state index contributed by atoms with van der Waals surface area (Å²) in [6.07, 6.45) is 0. The van der Waals surface area contributed by atoms with Crippen molar-refractivity contribution in [3.05, 3.63) is 218 Å². The van der Waals surface area contributed by atoms with Gasteiger partial charge in [-0.05, 0) is 92.8 Å². The second kappa shape index (κ2) is 13.6. The summed E-state index contributed by atoms with van der Waals surface area (Å²) in [5.74, 6) is 0.645. The third-order valence-corrected chi connectivity index (χ3v) is 12.7. The summed E-state index contributed by atoms with van der Waals surface area (Å²) in [5.41, 5.74) is 13.2. The largest absolute Gasteiger partial charge is 0.309 e. The van der Waals surface area contributed by atoms with E-state index in [0.717, 1.165) is 60.9 Å². The summed E-state index contributed by atoms with van der Waals surface area (Å²) in [7, 11) is 0. The van der Waals surface area contributed by atoms with E-state index in [1.807, 2.05) is 0 Å². The van der Waals surface area contributed by atoms with Gasteiger partial charge in [0, 0.05) is 43.7 Å². The fraction of sp³-hybridized carbons (Fsp3) is 0. The molecule has 0 radical (unpaired) electrons. The highest BCUT2D eigenvalue weighted by Crippen LogP contribution is 2.45. The number of rotatable bonds is 5. The summed E-state index contributed by atoms with van der Waals surface area (Å²) in [6, 6.07) is 78.7. The SMILES string of the molecule is c1ccc(-c2ccc(-n3c4ccccc4c4cc(-c5c6ccccc6cc6c7ccccc7n(-c7nc(-c8ccc9ccccc9c8)c8ccccc8n7)c56)ccc43)cc2)cc1. The van der Waals surface area contributed by atoms with Gasteiger partial charge in [-0.25, -0.2) is 9.97 Å². The number of aromatic nitrogens is 4. The molecular weight excluding hydrogens is 753 g/mol. The van der Waals surface area contributed by atoms with Crippen LogP contribution in [0.2, 0.25) is 0 Å². The molecule has 13 rings (SSSR count). The zero-order chi connectivity index (χ0) is 40.7. The second-order valence-electron chi connectivity index (χ2n) is 16.2. The minimum atomic E-state index is 0.645. The monoisotopic (exact) mass is 788 g/mol. The van der Waals surface area contributed by atoms with E-state index in [-0.39, 0.29) is 0 Å². The smallest absolute Gasteiger partial charge is 0.235 e. The zero-order valence-electron chi connectivity index (χ0n) is 33.6. The van der Waals surface area contributed by atoms with Crippen molar-refractivity contribution >= 4 is 76.1 Å². The molecule has 0 fully saturated rings. The Morgan fingerprint density at radius 2 is 0.887 bits per heavy atom. The Morgan fingerprint density at radius 3 is 1.69 bits per heavy atom. The maximum Gasteiger partial charge on any atom is 0.235 e. The lowest BCUT2D eigenvalue weighted by molar-refractivity contribution is 1.01. The lowest BCUT2D eigenvalue weighted by Crippen LogP contribution is -2.04. The number of hydrogen-bond donors (Lipinski definition) is 0. The summed E-state index contributed by atoms with van der Waals surface area (Å²) >= 11 is 0. The molecule has 13 aromatic rings. The Kier molecular flexibility index (Phi) is 7.57. The number of para-hydroxylation sites is 3. The van der Waals surface area contributed by atoms with Crippen LogP contribution in [0.25, 0.3) is 121 Å². The predicted octanol–water partition coefficient (Wildman–Crippen LogP) is 15.1. The number of fused-ring (bicyclic) bond motifs is 9. The summed E-state index contributed by atoms with van der Waals surface area (Å²) in [5, 5.41) is 10.5. The first-order chi connectivity index (χ1) is 30.7. The van der Waals surface area contributed by atoms with Gasteiger partial charge in [-0.3, -0.25) is 4.57 Å². The molecule has 0 saturated heterocycles. The number of benzene rings is 10. The van der Waals surface area contributed by atoms with Crippen LogP contribution in [0.5, 0.6) is 0 Å². The van der Waals surface area contributed by atoms with Gasteiger partial charge in [-0.15, -0.1) is 0 Å². The Balaban J connectivity index is 1.09. The zero-order valence-corrected chi connectivity index (χ0v) is 33.6. The molecule has 0 bridgehead atoms. The van der Waals surface area contributed by atoms with Crippen molar-refractivity contribution in [2.75, 3.05) is 0 Å². The Labute approximate surface area is 357 Å². The lowest BCUT2D eigenvalue weighted by Gasteiger charge is -2.16. The molecule has 0 atom stereocenters. The molecule has 0 saturated carbocycles. The van der Waals surface area contributed by atoms with Crippen LogP contribution in [0.4, 0.5) is 0 Å². The van der Waals surface area contributed by atoms with Crippen LogP contribution >= 0.6 is 0 Å². The third kappa shape index (κ3) is 5.27. The van der Waals surface area contributed by atoms with Gasteiger partial charge >= 0.3 is 0 Å². The van der Waals surface area contributed by atoms with E-state index in [1.165, 1.54) is 54.3 Å². The standard InChI is InChI=1S/C58H36N4/c1-2-14-37(15-3-1)39-28-31-44(32-29-39)61-52-24-12-9-20-46(52)49-36-42(30-33-54(49)61)55-45-19-7-6-18-41(45)35-50-47-21-10-13-25-53(47)62(57(50)55)58-59-51-23-11-8-22-48(51)56(60-58)43-27-26-38-16-4-5-17-40(38)34-43/h1-36H. The van der Waals surface area contributed by atoms with E-state index in [1.54, 1.807) is 0 Å². The fourth-order valence-electron chi connectivity index (χ4n) is 9.85. The lowest BCUT2D eigenvalue weighted by atomic mass is 9.94. The molecule has 10 aromatic carbocycles. The molecule has 3 aromatic heterocycles. The second-order valence-corrected chi connectivity index (χ2v) is 16.2. The van der Waals surface area contributed by atoms with Crippen LogP contribution in [-0.2, 0) is 0 Å². The molecular formula is C58H36N4. The van der Waals surface area contributed by atoms with Crippen molar-refractivity contribution in [3.8, 4) is 45.1 Å². The highest BCUT2D eigenvalue weighted by Gasteiger charge is 2.23. The average molecular weight is 789 g/mol. The fourth-order valence-corrected chi connectivity index (χ4v) is 9.85. The minimum absolute atomic E-state index is 0.645. The van der Waals surface area contributed by atoms with Crippen LogP contribution in [0.15, 0.2) is 218 Å². The quantitative estimate of drug-likeness (QED) is 0.174. The van der Waals surface area contributed by atoms with Crippen molar-refractivity contribution in [1.29, 1.82) is 0 Å². The molecule has 62 heavy (non-hydrogen) atoms. The molecule has 0 spiro atoms. The first kappa shape index (κ1) is 34.5. The third-order valence-electron chi connectivity index (χ3n) is 12.7. The summed E-state index contributed by atoms with van der Waals surface area (Å²) in [6.45, 7) is 0. The molecule has 288 valence electrons. The minimum Gasteiger partial charge on any atom is -0.309 e. The highest BCUT2D eigenvalue weighted by atomic mass is 15.2. The van der Waals surface area contributed by atoms with Crippen molar-refractivity contribution in [3.63, 3.8) is 0 Å². The number of hydrogen-bond acceptors (Lipinski definition) is 2. The number of nitrogens with zero attached hydrogens (tertiary/aromatic N) is 4. The first-order valence-electron chi connectivity index (χ1n) is 21.2. The van der Waals surface area contributed by atoms with Crippen LogP contribution in [-0.4, -0.2) is 19.1 Å². The van der Waals surface area contributed by atoms with Gasteiger partial charge in [0.05, 0.1) is 33.3 Å². The Bertz CT molecular complexity index is 3910. The normalized spacial score (nSPS) is 11.9. The molecule has 0 aliphatic rings.